The Balaban J connectivity index is 1.73. The summed E-state index contributed by atoms with van der Waals surface area (Å²) in [6, 6.07) is 6.85. The van der Waals surface area contributed by atoms with E-state index in [9.17, 15) is 9.59 Å². The smallest absolute Gasteiger partial charge is 0.252 e. The highest BCUT2D eigenvalue weighted by atomic mass is 16.2. The summed E-state index contributed by atoms with van der Waals surface area (Å²) >= 11 is 0. The first-order valence-electron chi connectivity index (χ1n) is 6.64. The summed E-state index contributed by atoms with van der Waals surface area (Å²) < 4.78 is 1.47. The molecule has 0 saturated carbocycles. The highest BCUT2D eigenvalue weighted by Crippen LogP contribution is 2.25. The zero-order valence-corrected chi connectivity index (χ0v) is 11.8. The molecule has 2 aromatic rings. The Morgan fingerprint density at radius 3 is 2.90 bits per heavy atom. The fraction of sp³-hybridized carbons (Fsp3) is 0.286. The molecule has 0 fully saturated rings. The molecule has 21 heavy (non-hydrogen) atoms. The zero-order valence-electron chi connectivity index (χ0n) is 11.8. The molecule has 1 aromatic heterocycles. The zero-order chi connectivity index (χ0) is 15.0. The van der Waals surface area contributed by atoms with Crippen LogP contribution in [0.25, 0.3) is 0 Å². The van der Waals surface area contributed by atoms with Gasteiger partial charge in [-0.15, -0.1) is 0 Å². The van der Waals surface area contributed by atoms with Crippen molar-refractivity contribution >= 4 is 23.5 Å². The van der Waals surface area contributed by atoms with E-state index in [1.165, 1.54) is 4.68 Å². The third kappa shape index (κ3) is 2.49. The van der Waals surface area contributed by atoms with Crippen LogP contribution in [-0.4, -0.2) is 26.6 Å². The molecule has 0 aliphatic carbocycles. The molecule has 1 atom stereocenters. The van der Waals surface area contributed by atoms with E-state index in [1.54, 1.807) is 6.92 Å². The van der Waals surface area contributed by atoms with Crippen molar-refractivity contribution in [2.75, 3.05) is 10.6 Å². The minimum atomic E-state index is -0.648. The first-order chi connectivity index (χ1) is 10.0. The Bertz CT molecular complexity index is 722. The van der Waals surface area contributed by atoms with Gasteiger partial charge in [0.25, 0.3) is 5.91 Å². The predicted molar refractivity (Wildman–Crippen MR) is 76.9 cm³/mol. The van der Waals surface area contributed by atoms with E-state index in [-0.39, 0.29) is 18.2 Å². The van der Waals surface area contributed by atoms with E-state index in [0.717, 1.165) is 11.3 Å². The lowest BCUT2D eigenvalue weighted by Gasteiger charge is -2.11. The van der Waals surface area contributed by atoms with E-state index in [4.69, 9.17) is 0 Å². The van der Waals surface area contributed by atoms with Crippen LogP contribution in [0.15, 0.2) is 24.3 Å². The number of aromatic nitrogens is 3. The number of anilines is 2. The Morgan fingerprint density at radius 2 is 2.14 bits per heavy atom. The number of fused-ring (bicyclic) bond motifs is 1. The molecule has 1 aliphatic heterocycles. The summed E-state index contributed by atoms with van der Waals surface area (Å²) in [5, 5.41) is 9.58. The summed E-state index contributed by atoms with van der Waals surface area (Å²) in [7, 11) is 0. The van der Waals surface area contributed by atoms with Crippen molar-refractivity contribution < 1.29 is 9.59 Å². The highest BCUT2D eigenvalue weighted by molar-refractivity contribution is 6.01. The maximum atomic E-state index is 12.1. The van der Waals surface area contributed by atoms with E-state index in [0.29, 0.717) is 11.8 Å². The van der Waals surface area contributed by atoms with Crippen molar-refractivity contribution in [3.8, 4) is 0 Å². The van der Waals surface area contributed by atoms with Crippen LogP contribution in [0.4, 0.5) is 11.6 Å². The second kappa shape index (κ2) is 5.01. The maximum Gasteiger partial charge on any atom is 0.252 e. The van der Waals surface area contributed by atoms with Crippen molar-refractivity contribution in [3.05, 3.63) is 35.7 Å². The highest BCUT2D eigenvalue weighted by Gasteiger charge is 2.34. The summed E-state index contributed by atoms with van der Waals surface area (Å²) in [6.45, 7) is 3.65. The molecule has 0 radical (unpaired) electrons. The minimum absolute atomic E-state index is 0.0238. The first-order valence-corrected chi connectivity index (χ1v) is 6.64. The lowest BCUT2D eigenvalue weighted by molar-refractivity contribution is -0.123. The van der Waals surface area contributed by atoms with E-state index in [1.807, 2.05) is 31.2 Å². The number of aryl methyl sites for hydroxylation is 2. The van der Waals surface area contributed by atoms with Gasteiger partial charge in [0.1, 0.15) is 11.9 Å². The number of nitrogens with one attached hydrogen (secondary N) is 2. The van der Waals surface area contributed by atoms with Crippen LogP contribution in [0, 0.1) is 13.8 Å². The third-order valence-corrected chi connectivity index (χ3v) is 3.37. The molecule has 3 rings (SSSR count). The number of benzene rings is 1. The van der Waals surface area contributed by atoms with Gasteiger partial charge in [0, 0.05) is 5.69 Å². The minimum Gasteiger partial charge on any atom is -0.326 e. The first kappa shape index (κ1) is 13.3. The molecule has 1 aliphatic rings. The van der Waals surface area contributed by atoms with Crippen molar-refractivity contribution in [3.63, 3.8) is 0 Å². The number of nitrogens with zero attached hydrogens (tertiary/aromatic N) is 3. The Morgan fingerprint density at radius 1 is 1.38 bits per heavy atom. The molecule has 1 aromatic carbocycles. The second-order valence-corrected chi connectivity index (χ2v) is 5.00. The van der Waals surface area contributed by atoms with Crippen molar-refractivity contribution in [2.24, 2.45) is 0 Å². The van der Waals surface area contributed by atoms with Gasteiger partial charge in [-0.25, -0.2) is 4.68 Å². The van der Waals surface area contributed by atoms with Crippen LogP contribution in [0.2, 0.25) is 0 Å². The van der Waals surface area contributed by atoms with Crippen LogP contribution < -0.4 is 10.6 Å². The van der Waals surface area contributed by atoms with Crippen LogP contribution in [0.5, 0.6) is 0 Å². The number of hydrogen-bond donors (Lipinski definition) is 2. The number of carbonyl (C=O) groups is 2. The summed E-state index contributed by atoms with van der Waals surface area (Å²) in [5.74, 6) is 0.468. The summed E-state index contributed by atoms with van der Waals surface area (Å²) in [4.78, 5) is 28.1. The normalized spacial score (nSPS) is 16.5. The number of carbonyl (C=O) groups excluding carboxylic acids is 2. The average molecular weight is 285 g/mol. The lowest BCUT2D eigenvalue weighted by atomic mass is 10.1. The van der Waals surface area contributed by atoms with Crippen LogP contribution in [0.1, 0.15) is 23.9 Å². The van der Waals surface area contributed by atoms with Crippen molar-refractivity contribution in [2.45, 2.75) is 26.3 Å². The molecule has 0 saturated heterocycles. The topological polar surface area (TPSA) is 88.9 Å². The lowest BCUT2D eigenvalue weighted by Crippen LogP contribution is -2.24. The van der Waals surface area contributed by atoms with E-state index < -0.39 is 6.04 Å². The Hall–Kier alpha value is -2.70. The van der Waals surface area contributed by atoms with Gasteiger partial charge in [0.15, 0.2) is 0 Å². The van der Waals surface area contributed by atoms with E-state index in [2.05, 4.69) is 20.7 Å². The quantitative estimate of drug-likeness (QED) is 0.892. The fourth-order valence-corrected chi connectivity index (χ4v) is 2.31. The maximum absolute atomic E-state index is 12.1. The number of hydrogen-bond acceptors (Lipinski definition) is 4. The number of rotatable bonds is 3. The fourth-order valence-electron chi connectivity index (χ4n) is 2.31. The van der Waals surface area contributed by atoms with Gasteiger partial charge in [-0.3, -0.25) is 14.9 Å². The number of amides is 2. The summed E-state index contributed by atoms with van der Waals surface area (Å²) in [5.41, 5.74) is 1.72. The van der Waals surface area contributed by atoms with Gasteiger partial charge in [-0.1, -0.05) is 18.2 Å². The van der Waals surface area contributed by atoms with Gasteiger partial charge in [0.2, 0.25) is 11.9 Å². The predicted octanol–water partition coefficient (Wildman–Crippen LogP) is 1.42. The van der Waals surface area contributed by atoms with Crippen molar-refractivity contribution in [1.82, 2.24) is 14.8 Å². The van der Waals surface area contributed by atoms with Crippen LogP contribution >= 0.6 is 0 Å². The molecule has 2 heterocycles. The SMILES string of the molecule is Cc1nc2n(n1)[C@@H](CC(=O)Nc1ccccc1C)C(=O)N2. The molecular weight excluding hydrogens is 270 g/mol. The van der Waals surface area contributed by atoms with Gasteiger partial charge < -0.3 is 5.32 Å². The molecule has 7 heteroatoms. The van der Waals surface area contributed by atoms with Crippen LogP contribution in [0.3, 0.4) is 0 Å². The van der Waals surface area contributed by atoms with Crippen LogP contribution in [-0.2, 0) is 9.59 Å². The second-order valence-electron chi connectivity index (χ2n) is 5.00. The Labute approximate surface area is 121 Å². The molecule has 0 bridgehead atoms. The average Bonchev–Trinajstić information content (AvgIpc) is 2.90. The summed E-state index contributed by atoms with van der Waals surface area (Å²) in [6.07, 6.45) is 0.0238. The third-order valence-electron chi connectivity index (χ3n) is 3.37. The molecule has 0 unspecified atom stereocenters. The number of para-hydroxylation sites is 1. The van der Waals surface area contributed by atoms with Gasteiger partial charge in [-0.05, 0) is 25.5 Å². The molecule has 0 spiro atoms. The molecule has 2 N–H and O–H groups in total. The Kier molecular flexibility index (Phi) is 3.17. The van der Waals surface area contributed by atoms with Crippen molar-refractivity contribution in [1.29, 1.82) is 0 Å². The largest absolute Gasteiger partial charge is 0.326 e. The molecular formula is C14H15N5O2. The van der Waals surface area contributed by atoms with Gasteiger partial charge >= 0.3 is 0 Å². The monoisotopic (exact) mass is 285 g/mol. The van der Waals surface area contributed by atoms with Gasteiger partial charge in [-0.2, -0.15) is 10.1 Å². The molecule has 108 valence electrons. The van der Waals surface area contributed by atoms with E-state index >= 15 is 0 Å². The molecule has 7 nitrogen and oxygen atoms in total. The molecule has 2 amide bonds. The standard InChI is InChI=1S/C14H15N5O2/c1-8-5-3-4-6-10(8)16-12(20)7-11-13(21)17-14-15-9(2)18-19(11)14/h3-6,11H,7H2,1-2H3,(H,16,20)(H,15,17,18,21)/t11-/m0/s1. The van der Waals surface area contributed by atoms with Gasteiger partial charge in [0.05, 0.1) is 6.42 Å².